The zero-order chi connectivity index (χ0) is 20.1. The molecular weight excluding hydrogens is 374 g/mol. The maximum Gasteiger partial charge on any atom is 0.255 e. The Bertz CT molecular complexity index is 984. The lowest BCUT2D eigenvalue weighted by Gasteiger charge is -2.13. The fraction of sp³-hybridized carbons (Fsp3) is 0.174. The van der Waals surface area contributed by atoms with Crippen molar-refractivity contribution in [2.24, 2.45) is 0 Å². The van der Waals surface area contributed by atoms with Crippen LogP contribution in [0.1, 0.15) is 27.0 Å². The van der Waals surface area contributed by atoms with E-state index in [9.17, 15) is 4.79 Å². The Kier molecular flexibility index (Phi) is 6.22. The number of nitrogens with one attached hydrogen (secondary N) is 1. The SMILES string of the molecule is COc1cc(C(=O)Nc2cccc(Cl)c2C)ccc1OCc1ccc(C)cc1. The third-order valence-corrected chi connectivity index (χ3v) is 4.87. The summed E-state index contributed by atoms with van der Waals surface area (Å²) in [4.78, 5) is 12.6. The van der Waals surface area contributed by atoms with Crippen LogP contribution in [0.2, 0.25) is 5.02 Å². The molecule has 0 bridgehead atoms. The minimum Gasteiger partial charge on any atom is -0.493 e. The molecule has 0 aliphatic carbocycles. The zero-order valence-electron chi connectivity index (χ0n) is 16.1. The molecule has 0 saturated heterocycles. The summed E-state index contributed by atoms with van der Waals surface area (Å²) >= 11 is 6.12. The monoisotopic (exact) mass is 395 g/mol. The Morgan fingerprint density at radius 3 is 2.46 bits per heavy atom. The predicted molar refractivity (Wildman–Crippen MR) is 113 cm³/mol. The fourth-order valence-electron chi connectivity index (χ4n) is 2.71. The van der Waals surface area contributed by atoms with Gasteiger partial charge < -0.3 is 14.8 Å². The number of anilines is 1. The lowest BCUT2D eigenvalue weighted by atomic mass is 10.1. The molecule has 0 aliphatic heterocycles. The lowest BCUT2D eigenvalue weighted by Crippen LogP contribution is -2.13. The quantitative estimate of drug-likeness (QED) is 0.574. The molecule has 1 N–H and O–H groups in total. The molecule has 28 heavy (non-hydrogen) atoms. The minimum absolute atomic E-state index is 0.242. The van der Waals surface area contributed by atoms with E-state index in [2.05, 4.69) is 5.32 Å². The number of carbonyl (C=O) groups excluding carboxylic acids is 1. The summed E-state index contributed by atoms with van der Waals surface area (Å²) in [7, 11) is 1.55. The van der Waals surface area contributed by atoms with E-state index in [0.717, 1.165) is 11.1 Å². The number of rotatable bonds is 6. The number of aryl methyl sites for hydroxylation is 1. The Morgan fingerprint density at radius 2 is 1.75 bits per heavy atom. The van der Waals surface area contributed by atoms with E-state index in [-0.39, 0.29) is 5.91 Å². The first-order chi connectivity index (χ1) is 13.5. The molecule has 0 fully saturated rings. The number of halogens is 1. The van der Waals surface area contributed by atoms with Gasteiger partial charge in [0.1, 0.15) is 6.61 Å². The molecule has 1 amide bonds. The molecule has 0 radical (unpaired) electrons. The lowest BCUT2D eigenvalue weighted by molar-refractivity contribution is 0.102. The van der Waals surface area contributed by atoms with Crippen LogP contribution < -0.4 is 14.8 Å². The largest absolute Gasteiger partial charge is 0.493 e. The number of amides is 1. The molecule has 3 aromatic carbocycles. The number of carbonyl (C=O) groups is 1. The van der Waals surface area contributed by atoms with Crippen LogP contribution in [0.15, 0.2) is 60.7 Å². The van der Waals surface area contributed by atoms with Crippen LogP contribution in [0.5, 0.6) is 11.5 Å². The molecule has 3 aromatic rings. The molecular formula is C23H22ClNO3. The van der Waals surface area contributed by atoms with Gasteiger partial charge in [0.2, 0.25) is 0 Å². The van der Waals surface area contributed by atoms with Crippen LogP contribution in [-0.4, -0.2) is 13.0 Å². The van der Waals surface area contributed by atoms with Crippen LogP contribution in [0.4, 0.5) is 5.69 Å². The number of hydrogen-bond donors (Lipinski definition) is 1. The van der Waals surface area contributed by atoms with Gasteiger partial charge in [-0.2, -0.15) is 0 Å². The van der Waals surface area contributed by atoms with E-state index >= 15 is 0 Å². The van der Waals surface area contributed by atoms with Gasteiger partial charge in [-0.1, -0.05) is 47.5 Å². The fourth-order valence-corrected chi connectivity index (χ4v) is 2.89. The van der Waals surface area contributed by atoms with Gasteiger partial charge in [-0.3, -0.25) is 4.79 Å². The van der Waals surface area contributed by atoms with E-state index in [1.54, 1.807) is 37.4 Å². The second-order valence-corrected chi connectivity index (χ2v) is 6.91. The van der Waals surface area contributed by atoms with E-state index in [1.807, 2.05) is 44.2 Å². The summed E-state index contributed by atoms with van der Waals surface area (Å²) in [6, 6.07) is 18.7. The van der Waals surface area contributed by atoms with Gasteiger partial charge in [-0.15, -0.1) is 0 Å². The van der Waals surface area contributed by atoms with Gasteiger partial charge >= 0.3 is 0 Å². The van der Waals surface area contributed by atoms with Crippen molar-refractivity contribution in [2.45, 2.75) is 20.5 Å². The Morgan fingerprint density at radius 1 is 1.00 bits per heavy atom. The molecule has 0 unspecified atom stereocenters. The van der Waals surface area contributed by atoms with Crippen LogP contribution in [0.25, 0.3) is 0 Å². The second-order valence-electron chi connectivity index (χ2n) is 6.51. The van der Waals surface area contributed by atoms with E-state index in [1.165, 1.54) is 5.56 Å². The molecule has 0 atom stereocenters. The Balaban J connectivity index is 1.73. The van der Waals surface area contributed by atoms with Gasteiger partial charge in [-0.25, -0.2) is 0 Å². The molecule has 0 spiro atoms. The van der Waals surface area contributed by atoms with E-state index < -0.39 is 0 Å². The highest BCUT2D eigenvalue weighted by atomic mass is 35.5. The summed E-state index contributed by atoms with van der Waals surface area (Å²) in [5.41, 5.74) is 4.23. The maximum atomic E-state index is 12.6. The Hall–Kier alpha value is -2.98. The average Bonchev–Trinajstić information content (AvgIpc) is 2.71. The van der Waals surface area contributed by atoms with Crippen molar-refractivity contribution in [2.75, 3.05) is 12.4 Å². The van der Waals surface area contributed by atoms with Crippen LogP contribution in [0, 0.1) is 13.8 Å². The minimum atomic E-state index is -0.242. The molecule has 0 saturated carbocycles. The van der Waals surface area contributed by atoms with E-state index in [0.29, 0.717) is 34.4 Å². The highest BCUT2D eigenvalue weighted by Crippen LogP contribution is 2.30. The standard InChI is InChI=1S/C23H22ClNO3/c1-15-7-9-17(10-8-15)14-28-21-12-11-18(13-22(21)27-3)23(26)25-20-6-4-5-19(24)16(20)2/h4-13H,14H2,1-3H3,(H,25,26). The smallest absolute Gasteiger partial charge is 0.255 e. The summed E-state index contributed by atoms with van der Waals surface area (Å²) in [6.07, 6.45) is 0. The molecule has 144 valence electrons. The number of benzene rings is 3. The van der Waals surface area contributed by atoms with Crippen molar-refractivity contribution in [3.63, 3.8) is 0 Å². The van der Waals surface area contributed by atoms with Crippen molar-refractivity contribution in [3.8, 4) is 11.5 Å². The van der Waals surface area contributed by atoms with Crippen molar-refractivity contribution in [1.29, 1.82) is 0 Å². The second kappa shape index (κ2) is 8.81. The first kappa shape index (κ1) is 19.8. The summed E-state index contributed by atoms with van der Waals surface area (Å²) < 4.78 is 11.3. The van der Waals surface area contributed by atoms with Crippen molar-refractivity contribution < 1.29 is 14.3 Å². The molecule has 3 rings (SSSR count). The predicted octanol–water partition coefficient (Wildman–Crippen LogP) is 5.80. The van der Waals surface area contributed by atoms with Crippen LogP contribution in [0.3, 0.4) is 0 Å². The normalized spacial score (nSPS) is 10.4. The van der Waals surface area contributed by atoms with Crippen LogP contribution in [-0.2, 0) is 6.61 Å². The molecule has 0 heterocycles. The van der Waals surface area contributed by atoms with Gasteiger partial charge in [0, 0.05) is 16.3 Å². The van der Waals surface area contributed by atoms with Gasteiger partial charge in [0.25, 0.3) is 5.91 Å². The highest BCUT2D eigenvalue weighted by molar-refractivity contribution is 6.31. The van der Waals surface area contributed by atoms with Crippen molar-refractivity contribution >= 4 is 23.2 Å². The molecule has 4 nitrogen and oxygen atoms in total. The van der Waals surface area contributed by atoms with E-state index in [4.69, 9.17) is 21.1 Å². The maximum absolute atomic E-state index is 12.6. The summed E-state index contributed by atoms with van der Waals surface area (Å²) in [6.45, 7) is 4.33. The van der Waals surface area contributed by atoms with Gasteiger partial charge in [-0.05, 0) is 55.3 Å². The van der Waals surface area contributed by atoms with Crippen LogP contribution >= 0.6 is 11.6 Å². The first-order valence-corrected chi connectivity index (χ1v) is 9.28. The van der Waals surface area contributed by atoms with Crippen molar-refractivity contribution in [3.05, 3.63) is 87.9 Å². The zero-order valence-corrected chi connectivity index (χ0v) is 16.8. The molecule has 0 aliphatic rings. The van der Waals surface area contributed by atoms with Gasteiger partial charge in [0.05, 0.1) is 7.11 Å². The first-order valence-electron chi connectivity index (χ1n) is 8.91. The van der Waals surface area contributed by atoms with Gasteiger partial charge in [0.15, 0.2) is 11.5 Å². The topological polar surface area (TPSA) is 47.6 Å². The highest BCUT2D eigenvalue weighted by Gasteiger charge is 2.13. The number of hydrogen-bond acceptors (Lipinski definition) is 3. The summed E-state index contributed by atoms with van der Waals surface area (Å²) in [5, 5.41) is 3.49. The Labute approximate surface area is 170 Å². The van der Waals surface area contributed by atoms with Crippen molar-refractivity contribution in [1.82, 2.24) is 0 Å². The molecule has 5 heteroatoms. The molecule has 0 aromatic heterocycles. The third kappa shape index (κ3) is 4.65. The number of ether oxygens (including phenoxy) is 2. The average molecular weight is 396 g/mol. The summed E-state index contributed by atoms with van der Waals surface area (Å²) in [5.74, 6) is 0.842. The number of methoxy groups -OCH3 is 1. The third-order valence-electron chi connectivity index (χ3n) is 4.46.